The van der Waals surface area contributed by atoms with Crippen molar-refractivity contribution in [3.05, 3.63) is 64.7 Å². The van der Waals surface area contributed by atoms with E-state index in [-0.39, 0.29) is 12.0 Å². The quantitative estimate of drug-likeness (QED) is 0.757. The van der Waals surface area contributed by atoms with Crippen molar-refractivity contribution in [1.82, 2.24) is 0 Å². The predicted molar refractivity (Wildman–Crippen MR) is 111 cm³/mol. The summed E-state index contributed by atoms with van der Waals surface area (Å²) in [4.78, 5) is 0. The molecule has 0 saturated carbocycles. The van der Waals surface area contributed by atoms with Gasteiger partial charge < -0.3 is 14.3 Å². The number of hydrogen-bond acceptors (Lipinski definition) is 3. The minimum Gasteiger partial charge on any atom is -0.497 e. The van der Waals surface area contributed by atoms with Gasteiger partial charge >= 0.3 is 0 Å². The maximum Gasteiger partial charge on any atom is 0.171 e. The van der Waals surface area contributed by atoms with Crippen LogP contribution in [0.15, 0.2) is 42.5 Å². The normalized spacial score (nSPS) is 14.3. The van der Waals surface area contributed by atoms with E-state index in [4.69, 9.17) is 9.16 Å². The van der Waals surface area contributed by atoms with E-state index in [0.717, 1.165) is 22.4 Å². The Morgan fingerprint density at radius 1 is 1.00 bits per heavy atom. The van der Waals surface area contributed by atoms with Crippen molar-refractivity contribution in [2.75, 3.05) is 13.7 Å². The van der Waals surface area contributed by atoms with E-state index in [0.29, 0.717) is 0 Å². The Kier molecular flexibility index (Phi) is 6.32. The van der Waals surface area contributed by atoms with Gasteiger partial charge in [0.2, 0.25) is 0 Å². The van der Waals surface area contributed by atoms with Gasteiger partial charge in [-0.25, -0.2) is 0 Å². The molecule has 2 rings (SSSR count). The van der Waals surface area contributed by atoms with Crippen molar-refractivity contribution in [1.29, 1.82) is 0 Å². The van der Waals surface area contributed by atoms with Gasteiger partial charge in [0.25, 0.3) is 0 Å². The molecule has 0 aliphatic carbocycles. The largest absolute Gasteiger partial charge is 0.497 e. The van der Waals surface area contributed by atoms with E-state index >= 15 is 0 Å². The summed E-state index contributed by atoms with van der Waals surface area (Å²) in [5.74, 6) is 0.728. The highest BCUT2D eigenvalue weighted by Crippen LogP contribution is 2.36. The Labute approximate surface area is 159 Å². The smallest absolute Gasteiger partial charge is 0.171 e. The molecule has 4 heteroatoms. The van der Waals surface area contributed by atoms with Crippen molar-refractivity contribution in [2.24, 2.45) is 0 Å². The van der Waals surface area contributed by atoms with Gasteiger partial charge in [-0.3, -0.25) is 0 Å². The number of aliphatic hydroxyl groups is 1. The van der Waals surface area contributed by atoms with Crippen molar-refractivity contribution in [3.8, 4) is 5.75 Å². The molecule has 2 aromatic carbocycles. The van der Waals surface area contributed by atoms with Crippen LogP contribution in [-0.4, -0.2) is 27.9 Å². The lowest BCUT2D eigenvalue weighted by molar-refractivity contribution is 0.0263. The maximum atomic E-state index is 11.7. The topological polar surface area (TPSA) is 38.7 Å². The SMILES string of the molecule is COc1cccc(C(O)(CO[SiH](C)C)c2ccc(C(C)(C)C)cc2C)c1. The second-order valence-corrected chi connectivity index (χ2v) is 10.7. The Morgan fingerprint density at radius 2 is 1.69 bits per heavy atom. The molecular formula is C22H32O3Si. The molecule has 1 N–H and O–H groups in total. The fraction of sp³-hybridized carbons (Fsp3) is 0.455. The molecule has 0 aliphatic heterocycles. The van der Waals surface area contributed by atoms with Gasteiger partial charge in [-0.2, -0.15) is 0 Å². The van der Waals surface area contributed by atoms with Crippen LogP contribution in [0, 0.1) is 6.92 Å². The summed E-state index contributed by atoms with van der Waals surface area (Å²) in [5, 5.41) is 11.7. The van der Waals surface area contributed by atoms with E-state index in [1.165, 1.54) is 5.56 Å². The molecule has 0 aliphatic rings. The molecule has 0 bridgehead atoms. The highest BCUT2D eigenvalue weighted by molar-refractivity contribution is 6.48. The molecule has 0 fully saturated rings. The first-order chi connectivity index (χ1) is 12.1. The van der Waals surface area contributed by atoms with Crippen LogP contribution in [0.4, 0.5) is 0 Å². The monoisotopic (exact) mass is 372 g/mol. The minimum atomic E-state index is -1.28. The molecule has 26 heavy (non-hydrogen) atoms. The molecule has 2 aromatic rings. The Hall–Kier alpha value is -1.62. The van der Waals surface area contributed by atoms with Crippen molar-refractivity contribution in [2.45, 2.75) is 51.8 Å². The molecule has 0 heterocycles. The second-order valence-electron chi connectivity index (χ2n) is 8.23. The average Bonchev–Trinajstić information content (AvgIpc) is 2.58. The van der Waals surface area contributed by atoms with Crippen LogP contribution in [0.2, 0.25) is 13.1 Å². The van der Waals surface area contributed by atoms with Crippen LogP contribution >= 0.6 is 0 Å². The summed E-state index contributed by atoms with van der Waals surface area (Å²) in [5.41, 5.74) is 2.86. The van der Waals surface area contributed by atoms with E-state index in [1.54, 1.807) is 7.11 Å². The van der Waals surface area contributed by atoms with Crippen LogP contribution in [-0.2, 0) is 15.4 Å². The summed E-state index contributed by atoms with van der Waals surface area (Å²) in [6.45, 7) is 13.1. The summed E-state index contributed by atoms with van der Waals surface area (Å²) < 4.78 is 11.4. The molecular weight excluding hydrogens is 340 g/mol. The van der Waals surface area contributed by atoms with Crippen molar-refractivity contribution < 1.29 is 14.3 Å². The van der Waals surface area contributed by atoms with Gasteiger partial charge in [0.05, 0.1) is 13.7 Å². The van der Waals surface area contributed by atoms with Crippen LogP contribution < -0.4 is 4.74 Å². The van der Waals surface area contributed by atoms with E-state index < -0.39 is 14.6 Å². The van der Waals surface area contributed by atoms with E-state index in [2.05, 4.69) is 52.9 Å². The summed E-state index contributed by atoms with van der Waals surface area (Å²) in [6.07, 6.45) is 0. The Bertz CT molecular complexity index is 749. The van der Waals surface area contributed by atoms with Gasteiger partial charge in [-0.15, -0.1) is 0 Å². The number of ether oxygens (including phenoxy) is 1. The lowest BCUT2D eigenvalue weighted by atomic mass is 9.80. The molecule has 0 aromatic heterocycles. The Morgan fingerprint density at radius 3 is 2.23 bits per heavy atom. The third-order valence-electron chi connectivity index (χ3n) is 4.71. The first-order valence-corrected chi connectivity index (χ1v) is 12.0. The van der Waals surface area contributed by atoms with Crippen LogP contribution in [0.1, 0.15) is 43.0 Å². The third kappa shape index (κ3) is 4.56. The average molecular weight is 373 g/mol. The number of benzene rings is 2. The molecule has 0 spiro atoms. The molecule has 3 nitrogen and oxygen atoms in total. The number of hydrogen-bond donors (Lipinski definition) is 1. The lowest BCUT2D eigenvalue weighted by Crippen LogP contribution is -2.36. The van der Waals surface area contributed by atoms with Crippen LogP contribution in [0.25, 0.3) is 0 Å². The zero-order valence-corrected chi connectivity index (χ0v) is 18.2. The highest BCUT2D eigenvalue weighted by Gasteiger charge is 2.34. The Balaban J connectivity index is 2.57. The van der Waals surface area contributed by atoms with E-state index in [9.17, 15) is 5.11 Å². The molecule has 0 saturated heterocycles. The van der Waals surface area contributed by atoms with Gasteiger partial charge in [0.15, 0.2) is 9.04 Å². The zero-order valence-electron chi connectivity index (χ0n) is 17.1. The van der Waals surface area contributed by atoms with Crippen LogP contribution in [0.3, 0.4) is 0 Å². The molecule has 0 radical (unpaired) electrons. The predicted octanol–water partition coefficient (Wildman–Crippen LogP) is 4.54. The number of methoxy groups -OCH3 is 1. The van der Waals surface area contributed by atoms with Crippen molar-refractivity contribution in [3.63, 3.8) is 0 Å². The molecule has 1 unspecified atom stereocenters. The lowest BCUT2D eigenvalue weighted by Gasteiger charge is -2.32. The molecule has 142 valence electrons. The molecule has 0 amide bonds. The van der Waals surface area contributed by atoms with Crippen LogP contribution in [0.5, 0.6) is 5.75 Å². The fourth-order valence-electron chi connectivity index (χ4n) is 3.08. The second kappa shape index (κ2) is 7.95. The minimum absolute atomic E-state index is 0.0682. The number of aryl methyl sites for hydroxylation is 1. The molecule has 1 atom stereocenters. The zero-order chi connectivity index (χ0) is 19.5. The third-order valence-corrected chi connectivity index (χ3v) is 5.54. The van der Waals surface area contributed by atoms with Gasteiger partial charge in [0, 0.05) is 0 Å². The summed E-state index contributed by atoms with van der Waals surface area (Å²) >= 11 is 0. The highest BCUT2D eigenvalue weighted by atomic mass is 28.3. The standard InChI is InChI=1S/C22H32O3Si/c1-16-13-17(21(2,3)4)11-12-20(16)22(23,15-25-26(6)7)18-9-8-10-19(14-18)24-5/h8-14,23,26H,15H2,1-7H3. The number of rotatable bonds is 6. The first-order valence-electron chi connectivity index (χ1n) is 9.18. The van der Waals surface area contributed by atoms with Gasteiger partial charge in [0.1, 0.15) is 11.4 Å². The van der Waals surface area contributed by atoms with Crippen molar-refractivity contribution >= 4 is 9.04 Å². The first kappa shape index (κ1) is 20.7. The summed E-state index contributed by atoms with van der Waals surface area (Å²) in [6, 6.07) is 13.9. The van der Waals surface area contributed by atoms with Gasteiger partial charge in [-0.1, -0.05) is 51.1 Å². The maximum absolute atomic E-state index is 11.7. The van der Waals surface area contributed by atoms with E-state index in [1.807, 2.05) is 30.3 Å². The summed E-state index contributed by atoms with van der Waals surface area (Å²) in [7, 11) is 0.357. The fourth-order valence-corrected chi connectivity index (χ4v) is 3.65. The van der Waals surface area contributed by atoms with Gasteiger partial charge in [-0.05, 0) is 59.8 Å².